The summed E-state index contributed by atoms with van der Waals surface area (Å²) in [4.78, 5) is 12.0. The Morgan fingerprint density at radius 1 is 0.531 bits per heavy atom. The molecule has 0 aromatic heterocycles. The van der Waals surface area contributed by atoms with Crippen molar-refractivity contribution in [3.8, 4) is 0 Å². The van der Waals surface area contributed by atoms with Gasteiger partial charge in [-0.2, -0.15) is 0 Å². The number of carbonyl (C=O) groups is 1. The van der Waals surface area contributed by atoms with Crippen LogP contribution in [0.2, 0.25) is 0 Å². The standard InChI is InChI=1S/C31H56O/c1-3-5-6-7-8-9-12-15-18-31(32)19-16-13-10-11-14-17-26-21-28(26)23-30-24-29(30)22-27-20-25(27)4-2/h25-30H,3-24H2,1-2H3. The van der Waals surface area contributed by atoms with Gasteiger partial charge in [-0.1, -0.05) is 97.3 Å². The van der Waals surface area contributed by atoms with Gasteiger partial charge in [-0.3, -0.25) is 4.79 Å². The van der Waals surface area contributed by atoms with Gasteiger partial charge in [0.05, 0.1) is 0 Å². The van der Waals surface area contributed by atoms with Crippen LogP contribution >= 0.6 is 0 Å². The molecule has 3 saturated carbocycles. The highest BCUT2D eigenvalue weighted by atomic mass is 16.1. The molecule has 6 unspecified atom stereocenters. The number of carbonyl (C=O) groups excluding carboxylic acids is 1. The number of unbranched alkanes of at least 4 members (excludes halogenated alkanes) is 11. The van der Waals surface area contributed by atoms with E-state index in [1.807, 2.05) is 0 Å². The lowest BCUT2D eigenvalue weighted by Gasteiger charge is -2.04. The topological polar surface area (TPSA) is 17.1 Å². The number of Topliss-reactive ketones (excluding diaryl/α,β-unsaturated/α-hetero) is 1. The van der Waals surface area contributed by atoms with E-state index in [-0.39, 0.29) is 0 Å². The van der Waals surface area contributed by atoms with Crippen LogP contribution < -0.4 is 0 Å². The van der Waals surface area contributed by atoms with E-state index < -0.39 is 0 Å². The predicted molar refractivity (Wildman–Crippen MR) is 139 cm³/mol. The summed E-state index contributed by atoms with van der Waals surface area (Å²) < 4.78 is 0. The second-order valence-corrected chi connectivity index (χ2v) is 12.2. The Morgan fingerprint density at radius 3 is 1.53 bits per heavy atom. The summed E-state index contributed by atoms with van der Waals surface area (Å²) in [6, 6.07) is 0. The lowest BCUT2D eigenvalue weighted by molar-refractivity contribution is -0.119. The maximum absolute atomic E-state index is 12.0. The summed E-state index contributed by atoms with van der Waals surface area (Å²) in [7, 11) is 0. The second kappa shape index (κ2) is 14.8. The van der Waals surface area contributed by atoms with Crippen LogP contribution in [0.3, 0.4) is 0 Å². The van der Waals surface area contributed by atoms with E-state index in [4.69, 9.17) is 0 Å². The van der Waals surface area contributed by atoms with Gasteiger partial charge in [0.2, 0.25) is 0 Å². The third-order valence-corrected chi connectivity index (χ3v) is 9.28. The zero-order valence-corrected chi connectivity index (χ0v) is 21.9. The molecule has 0 N–H and O–H groups in total. The predicted octanol–water partition coefficient (Wildman–Crippen LogP) is 9.92. The zero-order chi connectivity index (χ0) is 22.6. The van der Waals surface area contributed by atoms with E-state index in [9.17, 15) is 4.79 Å². The number of ketones is 1. The van der Waals surface area contributed by atoms with Crippen LogP contribution in [0.1, 0.15) is 155 Å². The monoisotopic (exact) mass is 444 g/mol. The molecule has 6 atom stereocenters. The van der Waals surface area contributed by atoms with Crippen molar-refractivity contribution in [3.05, 3.63) is 0 Å². The van der Waals surface area contributed by atoms with Crippen molar-refractivity contribution in [2.24, 2.45) is 35.5 Å². The summed E-state index contributed by atoms with van der Waals surface area (Å²) in [5.74, 6) is 7.24. The lowest BCUT2D eigenvalue weighted by Crippen LogP contribution is -1.97. The fourth-order valence-corrected chi connectivity index (χ4v) is 6.56. The number of rotatable bonds is 22. The minimum absolute atomic E-state index is 0.530. The van der Waals surface area contributed by atoms with Crippen molar-refractivity contribution >= 4 is 5.78 Å². The Kier molecular flexibility index (Phi) is 12.2. The van der Waals surface area contributed by atoms with E-state index in [0.717, 1.165) is 61.2 Å². The third kappa shape index (κ3) is 10.7. The van der Waals surface area contributed by atoms with Crippen LogP contribution in [-0.4, -0.2) is 5.78 Å². The number of hydrogen-bond donors (Lipinski definition) is 0. The van der Waals surface area contributed by atoms with Gasteiger partial charge in [0.1, 0.15) is 5.78 Å². The largest absolute Gasteiger partial charge is 0.300 e. The van der Waals surface area contributed by atoms with Gasteiger partial charge in [0.25, 0.3) is 0 Å². The molecule has 186 valence electrons. The second-order valence-electron chi connectivity index (χ2n) is 12.2. The minimum atomic E-state index is 0.530. The lowest BCUT2D eigenvalue weighted by atomic mass is 10.0. The van der Waals surface area contributed by atoms with Crippen LogP contribution in [0.5, 0.6) is 0 Å². The average Bonchev–Trinajstić information content (AvgIpc) is 3.70. The molecule has 3 aliphatic rings. The summed E-state index contributed by atoms with van der Waals surface area (Å²) in [5.41, 5.74) is 0. The molecule has 0 aromatic rings. The third-order valence-electron chi connectivity index (χ3n) is 9.28. The summed E-state index contributed by atoms with van der Waals surface area (Å²) >= 11 is 0. The van der Waals surface area contributed by atoms with Crippen LogP contribution in [0, 0.1) is 35.5 Å². The van der Waals surface area contributed by atoms with E-state index in [1.165, 1.54) is 83.5 Å². The quantitative estimate of drug-likeness (QED) is 0.152. The minimum Gasteiger partial charge on any atom is -0.300 e. The van der Waals surface area contributed by atoms with Crippen molar-refractivity contribution in [3.63, 3.8) is 0 Å². The van der Waals surface area contributed by atoms with Crippen molar-refractivity contribution in [1.82, 2.24) is 0 Å². The van der Waals surface area contributed by atoms with Crippen LogP contribution in [0.4, 0.5) is 0 Å². The van der Waals surface area contributed by atoms with Crippen LogP contribution in [0.25, 0.3) is 0 Å². The molecule has 32 heavy (non-hydrogen) atoms. The van der Waals surface area contributed by atoms with Crippen molar-refractivity contribution in [2.75, 3.05) is 0 Å². The van der Waals surface area contributed by atoms with Gasteiger partial charge in [-0.25, -0.2) is 0 Å². The van der Waals surface area contributed by atoms with Gasteiger partial charge in [0, 0.05) is 12.8 Å². The maximum Gasteiger partial charge on any atom is 0.132 e. The molecule has 0 amide bonds. The highest BCUT2D eigenvalue weighted by molar-refractivity contribution is 5.78. The Balaban J connectivity index is 1.03. The first-order chi connectivity index (χ1) is 15.7. The molecular formula is C31H56O. The van der Waals surface area contributed by atoms with E-state index in [0.29, 0.717) is 5.78 Å². The van der Waals surface area contributed by atoms with E-state index >= 15 is 0 Å². The molecular weight excluding hydrogens is 388 g/mol. The molecule has 0 radical (unpaired) electrons. The molecule has 1 heteroatoms. The van der Waals surface area contributed by atoms with Crippen molar-refractivity contribution in [2.45, 2.75) is 155 Å². The molecule has 0 heterocycles. The molecule has 0 bridgehead atoms. The first kappa shape index (κ1) is 26.3. The van der Waals surface area contributed by atoms with Gasteiger partial charge in [-0.05, 0) is 80.5 Å². The summed E-state index contributed by atoms with van der Waals surface area (Å²) in [6.45, 7) is 4.65. The summed E-state index contributed by atoms with van der Waals surface area (Å²) in [6.07, 6.45) is 29.7. The molecule has 0 aliphatic heterocycles. The van der Waals surface area contributed by atoms with Gasteiger partial charge in [-0.15, -0.1) is 0 Å². The summed E-state index contributed by atoms with van der Waals surface area (Å²) in [5, 5.41) is 0. The SMILES string of the molecule is CCCCCCCCCCC(=O)CCCCCCCC1CC1CC1CC1CC1CC1CC. The molecule has 0 saturated heterocycles. The van der Waals surface area contributed by atoms with Gasteiger partial charge in [0.15, 0.2) is 0 Å². The highest BCUT2D eigenvalue weighted by Crippen LogP contribution is 2.58. The highest BCUT2D eigenvalue weighted by Gasteiger charge is 2.48. The smallest absolute Gasteiger partial charge is 0.132 e. The molecule has 0 spiro atoms. The Morgan fingerprint density at radius 2 is 0.969 bits per heavy atom. The number of hydrogen-bond acceptors (Lipinski definition) is 1. The van der Waals surface area contributed by atoms with E-state index in [2.05, 4.69) is 13.8 Å². The van der Waals surface area contributed by atoms with Crippen LogP contribution in [0.15, 0.2) is 0 Å². The zero-order valence-electron chi connectivity index (χ0n) is 21.9. The first-order valence-electron chi connectivity index (χ1n) is 15.2. The molecule has 3 fully saturated rings. The van der Waals surface area contributed by atoms with Crippen molar-refractivity contribution < 1.29 is 4.79 Å². The maximum atomic E-state index is 12.0. The van der Waals surface area contributed by atoms with Crippen molar-refractivity contribution in [1.29, 1.82) is 0 Å². The van der Waals surface area contributed by atoms with E-state index in [1.54, 1.807) is 32.1 Å². The Labute approximate surface area is 201 Å². The fourth-order valence-electron chi connectivity index (χ4n) is 6.56. The van der Waals surface area contributed by atoms with Gasteiger partial charge < -0.3 is 0 Å². The fraction of sp³-hybridized carbons (Fsp3) is 0.968. The Hall–Kier alpha value is -0.330. The normalized spacial score (nSPS) is 30.4. The molecule has 1 nitrogen and oxygen atoms in total. The molecule has 3 aliphatic carbocycles. The molecule has 3 rings (SSSR count). The van der Waals surface area contributed by atoms with Gasteiger partial charge >= 0.3 is 0 Å². The Bertz CT molecular complexity index is 511. The van der Waals surface area contributed by atoms with Crippen LogP contribution in [-0.2, 0) is 4.79 Å². The average molecular weight is 445 g/mol. The molecule has 0 aromatic carbocycles. The first-order valence-corrected chi connectivity index (χ1v) is 15.2.